The number of nitrogens with one attached hydrogen (secondary N) is 1. The van der Waals surface area contributed by atoms with Crippen LogP contribution in [0.3, 0.4) is 0 Å². The standard InChI is InChI=1S/C13H15FN2O2/c1-2-3-8-11(12(15)17)16-13(18)9-6-4-5-7-10(9)14/h2,4-7,11H,1,3,8H2,(H2,15,17)(H,16,18)/t11-/m1/s1. The molecule has 0 aliphatic rings. The highest BCUT2D eigenvalue weighted by atomic mass is 19.1. The van der Waals surface area contributed by atoms with E-state index in [2.05, 4.69) is 11.9 Å². The van der Waals surface area contributed by atoms with Crippen molar-refractivity contribution >= 4 is 11.8 Å². The predicted molar refractivity (Wildman–Crippen MR) is 66.3 cm³/mol. The number of hydrogen-bond acceptors (Lipinski definition) is 2. The first kappa shape index (κ1) is 13.9. The SMILES string of the molecule is C=CCC[C@@H](NC(=O)c1ccccc1F)C(N)=O. The number of amides is 2. The molecule has 0 radical (unpaired) electrons. The summed E-state index contributed by atoms with van der Waals surface area (Å²) in [4.78, 5) is 22.9. The number of halogens is 1. The van der Waals surface area contributed by atoms with Gasteiger partial charge in [0, 0.05) is 0 Å². The lowest BCUT2D eigenvalue weighted by molar-refractivity contribution is -0.119. The average molecular weight is 250 g/mol. The molecule has 1 aromatic carbocycles. The fraction of sp³-hybridized carbons (Fsp3) is 0.231. The van der Waals surface area contributed by atoms with E-state index in [4.69, 9.17) is 5.73 Å². The third-order valence-corrected chi connectivity index (χ3v) is 2.43. The molecule has 0 saturated heterocycles. The first-order valence-electron chi connectivity index (χ1n) is 5.52. The zero-order valence-corrected chi connectivity index (χ0v) is 9.86. The lowest BCUT2D eigenvalue weighted by atomic mass is 10.1. The van der Waals surface area contributed by atoms with Crippen LogP contribution >= 0.6 is 0 Å². The van der Waals surface area contributed by atoms with Gasteiger partial charge in [0.15, 0.2) is 0 Å². The Kier molecular flexibility index (Phi) is 5.05. The van der Waals surface area contributed by atoms with Crippen molar-refractivity contribution in [3.63, 3.8) is 0 Å². The minimum atomic E-state index is -0.824. The number of benzene rings is 1. The molecular formula is C13H15FN2O2. The van der Waals surface area contributed by atoms with Crippen molar-refractivity contribution in [1.82, 2.24) is 5.32 Å². The van der Waals surface area contributed by atoms with E-state index in [9.17, 15) is 14.0 Å². The van der Waals surface area contributed by atoms with Crippen LogP contribution in [-0.2, 0) is 4.79 Å². The van der Waals surface area contributed by atoms with Crippen molar-refractivity contribution in [1.29, 1.82) is 0 Å². The summed E-state index contributed by atoms with van der Waals surface area (Å²) < 4.78 is 13.4. The Balaban J connectivity index is 2.75. The van der Waals surface area contributed by atoms with Crippen molar-refractivity contribution in [2.45, 2.75) is 18.9 Å². The van der Waals surface area contributed by atoms with Crippen LogP contribution in [0.25, 0.3) is 0 Å². The Bertz CT molecular complexity index is 460. The molecule has 1 rings (SSSR count). The molecule has 0 spiro atoms. The second kappa shape index (κ2) is 6.54. The van der Waals surface area contributed by atoms with Crippen molar-refractivity contribution in [3.8, 4) is 0 Å². The van der Waals surface area contributed by atoms with Gasteiger partial charge < -0.3 is 11.1 Å². The van der Waals surface area contributed by atoms with Gasteiger partial charge in [-0.05, 0) is 25.0 Å². The van der Waals surface area contributed by atoms with Crippen LogP contribution in [-0.4, -0.2) is 17.9 Å². The zero-order chi connectivity index (χ0) is 13.5. The van der Waals surface area contributed by atoms with Gasteiger partial charge in [-0.1, -0.05) is 18.2 Å². The van der Waals surface area contributed by atoms with Crippen LogP contribution in [0.2, 0.25) is 0 Å². The summed E-state index contributed by atoms with van der Waals surface area (Å²) in [6, 6.07) is 4.72. The maximum absolute atomic E-state index is 13.4. The monoisotopic (exact) mass is 250 g/mol. The molecular weight excluding hydrogens is 235 g/mol. The minimum absolute atomic E-state index is 0.109. The highest BCUT2D eigenvalue weighted by Crippen LogP contribution is 2.07. The number of allylic oxidation sites excluding steroid dienone is 1. The molecule has 0 saturated carbocycles. The molecule has 1 aromatic rings. The molecule has 0 aliphatic carbocycles. The number of primary amides is 1. The molecule has 0 heterocycles. The van der Waals surface area contributed by atoms with E-state index in [0.29, 0.717) is 12.8 Å². The average Bonchev–Trinajstić information content (AvgIpc) is 2.34. The summed E-state index contributed by atoms with van der Waals surface area (Å²) in [5.74, 6) is -1.94. The number of rotatable bonds is 6. The quantitative estimate of drug-likeness (QED) is 0.748. The first-order valence-corrected chi connectivity index (χ1v) is 5.52. The van der Waals surface area contributed by atoms with E-state index in [1.165, 1.54) is 18.2 Å². The number of carbonyl (C=O) groups excluding carboxylic acids is 2. The summed E-state index contributed by atoms with van der Waals surface area (Å²) in [5.41, 5.74) is 5.05. The van der Waals surface area contributed by atoms with E-state index in [-0.39, 0.29) is 5.56 Å². The minimum Gasteiger partial charge on any atom is -0.368 e. The third kappa shape index (κ3) is 3.69. The Morgan fingerprint density at radius 1 is 1.44 bits per heavy atom. The molecule has 0 unspecified atom stereocenters. The second-order valence-corrected chi connectivity index (χ2v) is 3.77. The molecule has 1 atom stereocenters. The summed E-state index contributed by atoms with van der Waals surface area (Å²) in [6.45, 7) is 3.52. The van der Waals surface area contributed by atoms with E-state index in [0.717, 1.165) is 0 Å². The fourth-order valence-corrected chi connectivity index (χ4v) is 1.45. The normalized spacial score (nSPS) is 11.6. The Hall–Kier alpha value is -2.17. The van der Waals surface area contributed by atoms with E-state index >= 15 is 0 Å². The van der Waals surface area contributed by atoms with Gasteiger partial charge in [-0.25, -0.2) is 4.39 Å². The van der Waals surface area contributed by atoms with Gasteiger partial charge in [-0.15, -0.1) is 6.58 Å². The van der Waals surface area contributed by atoms with Gasteiger partial charge in [-0.2, -0.15) is 0 Å². The van der Waals surface area contributed by atoms with Crippen LogP contribution in [0.4, 0.5) is 4.39 Å². The third-order valence-electron chi connectivity index (χ3n) is 2.43. The van der Waals surface area contributed by atoms with Crippen LogP contribution < -0.4 is 11.1 Å². The van der Waals surface area contributed by atoms with Gasteiger partial charge >= 0.3 is 0 Å². The predicted octanol–water partition coefficient (Wildman–Crippen LogP) is 1.38. The molecule has 2 amide bonds. The maximum atomic E-state index is 13.4. The molecule has 18 heavy (non-hydrogen) atoms. The largest absolute Gasteiger partial charge is 0.368 e. The zero-order valence-electron chi connectivity index (χ0n) is 9.86. The molecule has 5 heteroatoms. The number of hydrogen-bond donors (Lipinski definition) is 2. The number of carbonyl (C=O) groups is 2. The lowest BCUT2D eigenvalue weighted by Gasteiger charge is -2.14. The van der Waals surface area contributed by atoms with E-state index in [1.807, 2.05) is 0 Å². The molecule has 0 aromatic heterocycles. The van der Waals surface area contributed by atoms with Crippen molar-refractivity contribution in [3.05, 3.63) is 48.3 Å². The van der Waals surface area contributed by atoms with Gasteiger partial charge in [-0.3, -0.25) is 9.59 Å². The Labute approximate surface area is 105 Å². The van der Waals surface area contributed by atoms with Gasteiger partial charge in [0.1, 0.15) is 11.9 Å². The molecule has 3 N–H and O–H groups in total. The van der Waals surface area contributed by atoms with Gasteiger partial charge in [0.25, 0.3) is 5.91 Å². The fourth-order valence-electron chi connectivity index (χ4n) is 1.45. The van der Waals surface area contributed by atoms with Gasteiger partial charge in [0.2, 0.25) is 5.91 Å². The molecule has 0 bridgehead atoms. The second-order valence-electron chi connectivity index (χ2n) is 3.77. The van der Waals surface area contributed by atoms with Crippen LogP contribution in [0.15, 0.2) is 36.9 Å². The molecule has 0 aliphatic heterocycles. The van der Waals surface area contributed by atoms with Gasteiger partial charge in [0.05, 0.1) is 5.56 Å². The Morgan fingerprint density at radius 2 is 2.11 bits per heavy atom. The smallest absolute Gasteiger partial charge is 0.254 e. The van der Waals surface area contributed by atoms with Crippen molar-refractivity contribution in [2.24, 2.45) is 5.73 Å². The lowest BCUT2D eigenvalue weighted by Crippen LogP contribution is -2.44. The van der Waals surface area contributed by atoms with Crippen LogP contribution in [0, 0.1) is 5.82 Å². The highest BCUT2D eigenvalue weighted by Gasteiger charge is 2.19. The van der Waals surface area contributed by atoms with E-state index < -0.39 is 23.7 Å². The summed E-state index contributed by atoms with van der Waals surface area (Å²) in [7, 11) is 0. The van der Waals surface area contributed by atoms with Crippen LogP contribution in [0.5, 0.6) is 0 Å². The Morgan fingerprint density at radius 3 is 2.67 bits per heavy atom. The molecule has 4 nitrogen and oxygen atoms in total. The van der Waals surface area contributed by atoms with E-state index in [1.54, 1.807) is 12.1 Å². The summed E-state index contributed by atoms with van der Waals surface area (Å²) >= 11 is 0. The maximum Gasteiger partial charge on any atom is 0.254 e. The summed E-state index contributed by atoms with van der Waals surface area (Å²) in [5, 5.41) is 2.41. The highest BCUT2D eigenvalue weighted by molar-refractivity contribution is 5.97. The molecule has 0 fully saturated rings. The number of nitrogens with two attached hydrogens (primary N) is 1. The van der Waals surface area contributed by atoms with Crippen molar-refractivity contribution < 1.29 is 14.0 Å². The molecule has 96 valence electrons. The van der Waals surface area contributed by atoms with Crippen LogP contribution in [0.1, 0.15) is 23.2 Å². The first-order chi connectivity index (χ1) is 8.56. The summed E-state index contributed by atoms with van der Waals surface area (Å²) in [6.07, 6.45) is 2.50. The van der Waals surface area contributed by atoms with Crippen molar-refractivity contribution in [2.75, 3.05) is 0 Å². The topological polar surface area (TPSA) is 72.2 Å².